The van der Waals surface area contributed by atoms with Crippen LogP contribution in [0.25, 0.3) is 0 Å². The van der Waals surface area contributed by atoms with Crippen molar-refractivity contribution in [2.24, 2.45) is 0 Å². The second kappa shape index (κ2) is 4.90. The van der Waals surface area contributed by atoms with Crippen molar-refractivity contribution in [3.05, 3.63) is 12.4 Å². The van der Waals surface area contributed by atoms with Crippen LogP contribution in [0.15, 0.2) is 12.4 Å². The standard InChI is InChI=1S/C13H21N3O2/c1-2-16-10-12(9-14-16)15-11-3-5-13(6-4-11)17-7-8-18-13/h9-11,15H,2-8H2,1H3. The Hall–Kier alpha value is -1.07. The third-order valence-electron chi connectivity index (χ3n) is 3.89. The minimum atomic E-state index is -0.258. The van der Waals surface area contributed by atoms with Gasteiger partial charge in [0.2, 0.25) is 0 Å². The van der Waals surface area contributed by atoms with Gasteiger partial charge in [0.05, 0.1) is 25.1 Å². The lowest BCUT2D eigenvalue weighted by molar-refractivity contribution is -0.177. The molecule has 5 heteroatoms. The third kappa shape index (κ3) is 2.37. The Labute approximate surface area is 107 Å². The zero-order valence-electron chi connectivity index (χ0n) is 10.9. The number of nitrogens with one attached hydrogen (secondary N) is 1. The quantitative estimate of drug-likeness (QED) is 0.892. The van der Waals surface area contributed by atoms with Gasteiger partial charge in [0, 0.05) is 31.6 Å². The summed E-state index contributed by atoms with van der Waals surface area (Å²) in [6.45, 7) is 4.51. The molecule has 1 aliphatic carbocycles. The third-order valence-corrected chi connectivity index (χ3v) is 3.89. The molecule has 1 spiro atoms. The van der Waals surface area contributed by atoms with Crippen LogP contribution in [0.2, 0.25) is 0 Å². The molecule has 2 aliphatic rings. The molecule has 1 aliphatic heterocycles. The van der Waals surface area contributed by atoms with Crippen LogP contribution in [-0.4, -0.2) is 34.8 Å². The molecule has 2 heterocycles. The van der Waals surface area contributed by atoms with Crippen molar-refractivity contribution in [2.75, 3.05) is 18.5 Å². The van der Waals surface area contributed by atoms with Gasteiger partial charge in [-0.3, -0.25) is 4.68 Å². The van der Waals surface area contributed by atoms with Gasteiger partial charge in [-0.2, -0.15) is 5.10 Å². The highest BCUT2D eigenvalue weighted by Gasteiger charge is 2.40. The van der Waals surface area contributed by atoms with Gasteiger partial charge in [-0.25, -0.2) is 0 Å². The van der Waals surface area contributed by atoms with E-state index in [0.717, 1.165) is 51.1 Å². The molecular formula is C13H21N3O2. The van der Waals surface area contributed by atoms with E-state index in [1.807, 2.05) is 10.9 Å². The molecule has 1 N–H and O–H groups in total. The number of aryl methyl sites for hydroxylation is 1. The molecule has 1 saturated heterocycles. The first kappa shape index (κ1) is 12.0. The average molecular weight is 251 g/mol. The molecule has 1 aromatic heterocycles. The average Bonchev–Trinajstić information content (AvgIpc) is 3.02. The second-order valence-electron chi connectivity index (χ2n) is 5.11. The number of rotatable bonds is 3. The maximum absolute atomic E-state index is 5.73. The van der Waals surface area contributed by atoms with Gasteiger partial charge in [0.1, 0.15) is 0 Å². The van der Waals surface area contributed by atoms with E-state index in [1.165, 1.54) is 0 Å². The first-order chi connectivity index (χ1) is 8.80. The smallest absolute Gasteiger partial charge is 0.168 e. The molecule has 0 bridgehead atoms. The van der Waals surface area contributed by atoms with Crippen molar-refractivity contribution in [3.63, 3.8) is 0 Å². The molecule has 5 nitrogen and oxygen atoms in total. The van der Waals surface area contributed by atoms with E-state index in [-0.39, 0.29) is 5.79 Å². The van der Waals surface area contributed by atoms with Crippen LogP contribution in [0.4, 0.5) is 5.69 Å². The summed E-state index contributed by atoms with van der Waals surface area (Å²) in [7, 11) is 0. The van der Waals surface area contributed by atoms with Crippen molar-refractivity contribution < 1.29 is 9.47 Å². The van der Waals surface area contributed by atoms with Crippen molar-refractivity contribution in [1.82, 2.24) is 9.78 Å². The largest absolute Gasteiger partial charge is 0.380 e. The first-order valence-corrected chi connectivity index (χ1v) is 6.86. The van der Waals surface area contributed by atoms with E-state index >= 15 is 0 Å². The summed E-state index contributed by atoms with van der Waals surface area (Å²) in [5, 5.41) is 7.82. The lowest BCUT2D eigenvalue weighted by Crippen LogP contribution is -2.39. The Morgan fingerprint density at radius 1 is 1.39 bits per heavy atom. The van der Waals surface area contributed by atoms with E-state index in [1.54, 1.807) is 0 Å². The Bertz CT molecular complexity index is 389. The normalized spacial score (nSPS) is 23.6. The lowest BCUT2D eigenvalue weighted by atomic mass is 9.90. The topological polar surface area (TPSA) is 48.3 Å². The summed E-state index contributed by atoms with van der Waals surface area (Å²) in [6, 6.07) is 0.512. The molecular weight excluding hydrogens is 230 g/mol. The minimum absolute atomic E-state index is 0.258. The Balaban J connectivity index is 1.53. The van der Waals surface area contributed by atoms with Gasteiger partial charge in [0.25, 0.3) is 0 Å². The summed E-state index contributed by atoms with van der Waals surface area (Å²) >= 11 is 0. The fourth-order valence-corrected chi connectivity index (χ4v) is 2.83. The second-order valence-corrected chi connectivity index (χ2v) is 5.11. The van der Waals surface area contributed by atoms with Gasteiger partial charge < -0.3 is 14.8 Å². The van der Waals surface area contributed by atoms with Crippen LogP contribution in [0, 0.1) is 0 Å². The van der Waals surface area contributed by atoms with Crippen molar-refractivity contribution in [2.45, 2.75) is 51.0 Å². The summed E-state index contributed by atoms with van der Waals surface area (Å²) in [4.78, 5) is 0. The molecule has 18 heavy (non-hydrogen) atoms. The van der Waals surface area contributed by atoms with Crippen LogP contribution in [-0.2, 0) is 16.0 Å². The van der Waals surface area contributed by atoms with Gasteiger partial charge in [-0.15, -0.1) is 0 Å². The van der Waals surface area contributed by atoms with Crippen LogP contribution in [0.3, 0.4) is 0 Å². The van der Waals surface area contributed by atoms with Crippen LogP contribution in [0.5, 0.6) is 0 Å². The summed E-state index contributed by atoms with van der Waals surface area (Å²) in [5.41, 5.74) is 1.12. The molecule has 3 rings (SSSR count). The van der Waals surface area contributed by atoms with Crippen molar-refractivity contribution in [3.8, 4) is 0 Å². The van der Waals surface area contributed by atoms with E-state index in [4.69, 9.17) is 9.47 Å². The predicted molar refractivity (Wildman–Crippen MR) is 68.4 cm³/mol. The Kier molecular flexibility index (Phi) is 3.26. The highest BCUT2D eigenvalue weighted by atomic mass is 16.7. The molecule has 0 atom stereocenters. The Morgan fingerprint density at radius 2 is 2.11 bits per heavy atom. The predicted octanol–water partition coefficient (Wildman–Crippen LogP) is 2.00. The number of anilines is 1. The van der Waals surface area contributed by atoms with E-state index in [9.17, 15) is 0 Å². The number of hydrogen-bond acceptors (Lipinski definition) is 4. The van der Waals surface area contributed by atoms with E-state index in [2.05, 4.69) is 23.5 Å². The van der Waals surface area contributed by atoms with E-state index in [0.29, 0.717) is 6.04 Å². The summed E-state index contributed by atoms with van der Waals surface area (Å²) < 4.78 is 13.4. The molecule has 2 fully saturated rings. The van der Waals surface area contributed by atoms with E-state index < -0.39 is 0 Å². The molecule has 0 unspecified atom stereocenters. The molecule has 1 aromatic rings. The fraction of sp³-hybridized carbons (Fsp3) is 0.769. The maximum atomic E-state index is 5.73. The number of nitrogens with zero attached hydrogens (tertiary/aromatic N) is 2. The molecule has 1 saturated carbocycles. The monoisotopic (exact) mass is 251 g/mol. The lowest BCUT2D eigenvalue weighted by Gasteiger charge is -2.35. The van der Waals surface area contributed by atoms with Gasteiger partial charge in [-0.1, -0.05) is 0 Å². The summed E-state index contributed by atoms with van der Waals surface area (Å²) in [5.74, 6) is -0.258. The van der Waals surface area contributed by atoms with Gasteiger partial charge >= 0.3 is 0 Å². The number of aromatic nitrogens is 2. The minimum Gasteiger partial charge on any atom is -0.380 e. The van der Waals surface area contributed by atoms with Gasteiger partial charge in [-0.05, 0) is 19.8 Å². The van der Waals surface area contributed by atoms with Crippen molar-refractivity contribution in [1.29, 1.82) is 0 Å². The molecule has 0 aromatic carbocycles. The van der Waals surface area contributed by atoms with Gasteiger partial charge in [0.15, 0.2) is 5.79 Å². The zero-order valence-corrected chi connectivity index (χ0v) is 10.9. The summed E-state index contributed by atoms with van der Waals surface area (Å²) in [6.07, 6.45) is 8.14. The van der Waals surface area contributed by atoms with Crippen LogP contribution >= 0.6 is 0 Å². The SMILES string of the molecule is CCn1cc(NC2CCC3(CC2)OCCO3)cn1. The Morgan fingerprint density at radius 3 is 2.72 bits per heavy atom. The first-order valence-electron chi connectivity index (χ1n) is 6.86. The maximum Gasteiger partial charge on any atom is 0.168 e. The highest BCUT2D eigenvalue weighted by Crippen LogP contribution is 2.36. The fourth-order valence-electron chi connectivity index (χ4n) is 2.83. The molecule has 100 valence electrons. The van der Waals surface area contributed by atoms with Crippen LogP contribution < -0.4 is 5.32 Å². The van der Waals surface area contributed by atoms with Crippen molar-refractivity contribution >= 4 is 5.69 Å². The van der Waals surface area contributed by atoms with Crippen LogP contribution in [0.1, 0.15) is 32.6 Å². The number of hydrogen-bond donors (Lipinski definition) is 1. The number of ether oxygens (including phenoxy) is 2. The molecule has 0 amide bonds. The zero-order chi connectivity index (χ0) is 12.4. The molecule has 0 radical (unpaired) electrons. The highest BCUT2D eigenvalue weighted by molar-refractivity contribution is 5.39.